The maximum Gasteiger partial charge on any atom is 0.0614 e. The molecule has 2 rings (SSSR count). The van der Waals surface area contributed by atoms with Crippen molar-refractivity contribution in [3.05, 3.63) is 22.2 Å². The minimum Gasteiger partial charge on any atom is -0.397 e. The molecule has 1 aromatic rings. The van der Waals surface area contributed by atoms with Crippen LogP contribution < -0.4 is 11.1 Å². The Labute approximate surface area is 111 Å². The van der Waals surface area contributed by atoms with E-state index >= 15 is 0 Å². The highest BCUT2D eigenvalue weighted by atomic mass is 35.5. The van der Waals surface area contributed by atoms with Gasteiger partial charge in [-0.1, -0.05) is 23.2 Å². The summed E-state index contributed by atoms with van der Waals surface area (Å²) < 4.78 is 5.50. The third kappa shape index (κ3) is 2.97. The molecular formula is C12H16Cl2N2O. The molecule has 0 atom stereocenters. The van der Waals surface area contributed by atoms with Gasteiger partial charge in [0, 0.05) is 12.6 Å². The molecule has 0 aromatic heterocycles. The molecule has 3 N–H and O–H groups in total. The van der Waals surface area contributed by atoms with Crippen LogP contribution in [0.5, 0.6) is 0 Å². The first kappa shape index (κ1) is 12.8. The molecule has 0 spiro atoms. The predicted molar refractivity (Wildman–Crippen MR) is 72.9 cm³/mol. The summed E-state index contributed by atoms with van der Waals surface area (Å²) in [7, 11) is 0. The Hall–Kier alpha value is -0.640. The van der Waals surface area contributed by atoms with Crippen molar-refractivity contribution in [3.63, 3.8) is 0 Å². The Morgan fingerprint density at radius 1 is 1.35 bits per heavy atom. The zero-order valence-electron chi connectivity index (χ0n) is 9.67. The summed E-state index contributed by atoms with van der Waals surface area (Å²) in [6.07, 6.45) is 2.39. The zero-order valence-corrected chi connectivity index (χ0v) is 11.2. The number of nitrogen functional groups attached to an aromatic ring is 1. The SMILES string of the molecule is CCOC1CC(Nc2cc(Cl)c(Cl)cc2N)C1. The Balaban J connectivity index is 1.94. The number of benzene rings is 1. The Kier molecular flexibility index (Phi) is 4.02. The molecule has 0 unspecified atom stereocenters. The minimum atomic E-state index is 0.376. The second-order valence-corrected chi connectivity index (χ2v) is 5.06. The minimum absolute atomic E-state index is 0.376. The van der Waals surface area contributed by atoms with E-state index in [1.54, 1.807) is 12.1 Å². The van der Waals surface area contributed by atoms with E-state index in [4.69, 9.17) is 33.7 Å². The first-order chi connectivity index (χ1) is 8.10. The molecule has 1 aromatic carbocycles. The highest BCUT2D eigenvalue weighted by Gasteiger charge is 2.29. The van der Waals surface area contributed by atoms with Gasteiger partial charge in [0.05, 0.1) is 27.5 Å². The van der Waals surface area contributed by atoms with Gasteiger partial charge in [-0.05, 0) is 31.9 Å². The van der Waals surface area contributed by atoms with E-state index in [0.29, 0.717) is 27.9 Å². The lowest BCUT2D eigenvalue weighted by atomic mass is 9.89. The molecule has 0 aliphatic heterocycles. The molecule has 1 fully saturated rings. The van der Waals surface area contributed by atoms with Crippen molar-refractivity contribution in [1.29, 1.82) is 0 Å². The van der Waals surface area contributed by atoms with Gasteiger partial charge in [-0.25, -0.2) is 0 Å². The highest BCUT2D eigenvalue weighted by Crippen LogP contribution is 2.34. The van der Waals surface area contributed by atoms with E-state index in [9.17, 15) is 0 Å². The number of rotatable bonds is 4. The first-order valence-electron chi connectivity index (χ1n) is 5.72. The van der Waals surface area contributed by atoms with E-state index in [-0.39, 0.29) is 0 Å². The largest absolute Gasteiger partial charge is 0.397 e. The van der Waals surface area contributed by atoms with Crippen LogP contribution in [0.25, 0.3) is 0 Å². The van der Waals surface area contributed by atoms with Crippen molar-refractivity contribution in [2.24, 2.45) is 0 Å². The quantitative estimate of drug-likeness (QED) is 0.826. The summed E-state index contributed by atoms with van der Waals surface area (Å²) in [5, 5.41) is 4.35. The van der Waals surface area contributed by atoms with E-state index in [1.807, 2.05) is 6.92 Å². The maximum atomic E-state index is 5.96. The number of hydrogen-bond donors (Lipinski definition) is 2. The van der Waals surface area contributed by atoms with E-state index < -0.39 is 0 Å². The molecule has 3 nitrogen and oxygen atoms in total. The van der Waals surface area contributed by atoms with Crippen LogP contribution >= 0.6 is 23.2 Å². The summed E-state index contributed by atoms with van der Waals surface area (Å²) in [6.45, 7) is 2.78. The van der Waals surface area contributed by atoms with E-state index in [0.717, 1.165) is 25.1 Å². The second-order valence-electron chi connectivity index (χ2n) is 4.24. The molecule has 17 heavy (non-hydrogen) atoms. The zero-order chi connectivity index (χ0) is 12.4. The molecular weight excluding hydrogens is 259 g/mol. The van der Waals surface area contributed by atoms with Gasteiger partial charge in [0.25, 0.3) is 0 Å². The molecule has 0 bridgehead atoms. The molecule has 0 radical (unpaired) electrons. The Bertz CT molecular complexity index is 406. The number of nitrogens with one attached hydrogen (secondary N) is 1. The fourth-order valence-electron chi connectivity index (χ4n) is 1.96. The third-order valence-corrected chi connectivity index (χ3v) is 3.67. The number of anilines is 2. The van der Waals surface area contributed by atoms with Gasteiger partial charge >= 0.3 is 0 Å². The molecule has 1 saturated carbocycles. The van der Waals surface area contributed by atoms with Crippen molar-refractivity contribution in [2.75, 3.05) is 17.7 Å². The monoisotopic (exact) mass is 274 g/mol. The van der Waals surface area contributed by atoms with Gasteiger partial charge in [0.15, 0.2) is 0 Å². The van der Waals surface area contributed by atoms with Crippen LogP contribution in [-0.4, -0.2) is 18.8 Å². The average Bonchev–Trinajstić information content (AvgIpc) is 2.22. The molecule has 94 valence electrons. The molecule has 0 heterocycles. The summed E-state index contributed by atoms with van der Waals surface area (Å²) in [5.74, 6) is 0. The average molecular weight is 275 g/mol. The van der Waals surface area contributed by atoms with Gasteiger partial charge < -0.3 is 15.8 Å². The van der Waals surface area contributed by atoms with Crippen LogP contribution in [0.3, 0.4) is 0 Å². The van der Waals surface area contributed by atoms with Crippen molar-refractivity contribution in [3.8, 4) is 0 Å². The van der Waals surface area contributed by atoms with Gasteiger partial charge in [-0.15, -0.1) is 0 Å². The van der Waals surface area contributed by atoms with Crippen LogP contribution in [0.2, 0.25) is 10.0 Å². The molecule has 1 aliphatic carbocycles. The first-order valence-corrected chi connectivity index (χ1v) is 6.48. The van der Waals surface area contributed by atoms with Gasteiger partial charge in [0.2, 0.25) is 0 Å². The van der Waals surface area contributed by atoms with Crippen LogP contribution in [0.4, 0.5) is 11.4 Å². The fourth-order valence-corrected chi connectivity index (χ4v) is 2.30. The van der Waals surface area contributed by atoms with Gasteiger partial charge in [-0.3, -0.25) is 0 Å². The van der Waals surface area contributed by atoms with Crippen LogP contribution in [0.1, 0.15) is 19.8 Å². The van der Waals surface area contributed by atoms with Crippen molar-refractivity contribution in [1.82, 2.24) is 0 Å². The predicted octanol–water partition coefficient (Wildman–Crippen LogP) is 3.56. The summed E-state index contributed by atoms with van der Waals surface area (Å²) >= 11 is 11.8. The summed E-state index contributed by atoms with van der Waals surface area (Å²) in [5.41, 5.74) is 7.34. The van der Waals surface area contributed by atoms with Crippen LogP contribution in [0.15, 0.2) is 12.1 Å². The molecule has 0 amide bonds. The smallest absolute Gasteiger partial charge is 0.0614 e. The van der Waals surface area contributed by atoms with E-state index in [2.05, 4.69) is 5.32 Å². The normalized spacial score (nSPS) is 23.2. The number of halogens is 2. The number of hydrogen-bond acceptors (Lipinski definition) is 3. The lowest BCUT2D eigenvalue weighted by Crippen LogP contribution is -2.40. The third-order valence-electron chi connectivity index (χ3n) is 2.95. The second kappa shape index (κ2) is 5.34. The molecule has 1 aliphatic rings. The topological polar surface area (TPSA) is 47.3 Å². The van der Waals surface area contributed by atoms with E-state index in [1.165, 1.54) is 0 Å². The lowest BCUT2D eigenvalue weighted by molar-refractivity contribution is 0.00300. The fraction of sp³-hybridized carbons (Fsp3) is 0.500. The van der Waals surface area contributed by atoms with Gasteiger partial charge in [-0.2, -0.15) is 0 Å². The van der Waals surface area contributed by atoms with Crippen molar-refractivity contribution < 1.29 is 4.74 Å². The van der Waals surface area contributed by atoms with Gasteiger partial charge in [0.1, 0.15) is 0 Å². The van der Waals surface area contributed by atoms with Crippen LogP contribution in [-0.2, 0) is 4.74 Å². The summed E-state index contributed by atoms with van der Waals surface area (Å²) in [6, 6.07) is 3.85. The number of nitrogens with two attached hydrogens (primary N) is 1. The Morgan fingerprint density at radius 3 is 2.65 bits per heavy atom. The van der Waals surface area contributed by atoms with Crippen LogP contribution in [0, 0.1) is 0 Å². The molecule has 0 saturated heterocycles. The lowest BCUT2D eigenvalue weighted by Gasteiger charge is -2.36. The van der Waals surface area contributed by atoms with Crippen molar-refractivity contribution >= 4 is 34.6 Å². The highest BCUT2D eigenvalue weighted by molar-refractivity contribution is 6.42. The Morgan fingerprint density at radius 2 is 2.00 bits per heavy atom. The molecule has 5 heteroatoms. The number of ether oxygens (including phenoxy) is 1. The standard InChI is InChI=1S/C12H16Cl2N2O/c1-2-17-8-3-7(4-8)16-12-6-10(14)9(13)5-11(12)15/h5-8,16H,2-4,15H2,1H3. The summed E-state index contributed by atoms with van der Waals surface area (Å²) in [4.78, 5) is 0. The van der Waals surface area contributed by atoms with Crippen molar-refractivity contribution in [2.45, 2.75) is 31.9 Å². The maximum absolute atomic E-state index is 5.96.